The van der Waals surface area contributed by atoms with Crippen molar-refractivity contribution in [2.24, 2.45) is 0 Å². The van der Waals surface area contributed by atoms with Gasteiger partial charge in [0.05, 0.1) is 12.0 Å². The van der Waals surface area contributed by atoms with Crippen LogP contribution in [0.25, 0.3) is 10.8 Å². The monoisotopic (exact) mass is 301 g/mol. The van der Waals surface area contributed by atoms with E-state index in [9.17, 15) is 9.90 Å². The van der Waals surface area contributed by atoms with Crippen molar-refractivity contribution in [3.63, 3.8) is 0 Å². The molecule has 2 aromatic carbocycles. The van der Waals surface area contributed by atoms with E-state index < -0.39 is 5.60 Å². The Kier molecular flexibility index (Phi) is 4.17. The van der Waals surface area contributed by atoms with E-state index >= 15 is 0 Å². The van der Waals surface area contributed by atoms with Gasteiger partial charge in [-0.1, -0.05) is 42.5 Å². The summed E-state index contributed by atoms with van der Waals surface area (Å²) in [5.74, 6) is 1.65. The number of carbonyl (C=O) groups is 1. The first-order valence-electron chi connectivity index (χ1n) is 7.19. The van der Waals surface area contributed by atoms with Crippen LogP contribution in [0.15, 0.2) is 42.5 Å². The summed E-state index contributed by atoms with van der Waals surface area (Å²) < 4.78 is 0. The van der Waals surface area contributed by atoms with E-state index in [1.165, 1.54) is 5.39 Å². The molecule has 1 heterocycles. The van der Waals surface area contributed by atoms with Crippen molar-refractivity contribution in [2.75, 3.05) is 18.1 Å². The smallest absolute Gasteiger partial charge is 0.224 e. The molecule has 2 aromatic rings. The van der Waals surface area contributed by atoms with Crippen molar-refractivity contribution in [3.05, 3.63) is 48.0 Å². The quantitative estimate of drug-likeness (QED) is 0.911. The average Bonchev–Trinajstić information content (AvgIpc) is 2.92. The third-order valence-corrected chi connectivity index (χ3v) is 5.11. The minimum absolute atomic E-state index is 0.0318. The maximum absolute atomic E-state index is 12.0. The Morgan fingerprint density at radius 1 is 1.24 bits per heavy atom. The van der Waals surface area contributed by atoms with Crippen molar-refractivity contribution >= 4 is 28.4 Å². The molecule has 0 spiro atoms. The summed E-state index contributed by atoms with van der Waals surface area (Å²) in [6, 6.07) is 14.2. The first-order valence-corrected chi connectivity index (χ1v) is 8.35. The van der Waals surface area contributed by atoms with Gasteiger partial charge in [0, 0.05) is 12.3 Å². The molecule has 3 rings (SSSR count). The van der Waals surface area contributed by atoms with Crippen LogP contribution in [0.4, 0.5) is 0 Å². The molecule has 1 atom stereocenters. The first-order chi connectivity index (χ1) is 10.1. The number of amides is 1. The molecule has 2 N–H and O–H groups in total. The topological polar surface area (TPSA) is 49.3 Å². The van der Waals surface area contributed by atoms with Crippen LogP contribution in [-0.4, -0.2) is 34.7 Å². The number of thioether (sulfide) groups is 1. The molecular formula is C17H19NO2S. The molecule has 1 fully saturated rings. The molecule has 4 heteroatoms. The molecule has 0 aromatic heterocycles. The normalized spacial score (nSPS) is 21.6. The minimum Gasteiger partial charge on any atom is -0.387 e. The molecule has 1 saturated heterocycles. The molecule has 1 unspecified atom stereocenters. The fourth-order valence-corrected chi connectivity index (χ4v) is 3.89. The fraction of sp³-hybridized carbons (Fsp3) is 0.353. The van der Waals surface area contributed by atoms with Gasteiger partial charge in [0.2, 0.25) is 5.91 Å². The zero-order valence-electron chi connectivity index (χ0n) is 11.8. The van der Waals surface area contributed by atoms with Crippen LogP contribution in [0.3, 0.4) is 0 Å². The van der Waals surface area contributed by atoms with Crippen LogP contribution >= 0.6 is 11.8 Å². The van der Waals surface area contributed by atoms with Crippen LogP contribution < -0.4 is 5.32 Å². The van der Waals surface area contributed by atoms with Gasteiger partial charge < -0.3 is 10.4 Å². The van der Waals surface area contributed by atoms with Crippen molar-refractivity contribution in [1.82, 2.24) is 5.32 Å². The zero-order chi connectivity index (χ0) is 14.7. The molecule has 110 valence electrons. The summed E-state index contributed by atoms with van der Waals surface area (Å²) in [6.07, 6.45) is 1.11. The number of hydrogen-bond donors (Lipinski definition) is 2. The first kappa shape index (κ1) is 14.4. The lowest BCUT2D eigenvalue weighted by Gasteiger charge is -2.21. The molecule has 1 amide bonds. The molecule has 0 bridgehead atoms. The van der Waals surface area contributed by atoms with Crippen molar-refractivity contribution in [1.29, 1.82) is 0 Å². The van der Waals surface area contributed by atoms with Gasteiger partial charge in [0.1, 0.15) is 0 Å². The van der Waals surface area contributed by atoms with E-state index in [4.69, 9.17) is 0 Å². The van der Waals surface area contributed by atoms with Crippen LogP contribution in [0.2, 0.25) is 0 Å². The highest BCUT2D eigenvalue weighted by molar-refractivity contribution is 7.99. The molecule has 0 radical (unpaired) electrons. The largest absolute Gasteiger partial charge is 0.387 e. The Balaban J connectivity index is 1.60. The van der Waals surface area contributed by atoms with Crippen molar-refractivity contribution in [3.8, 4) is 0 Å². The van der Waals surface area contributed by atoms with Gasteiger partial charge in [-0.15, -0.1) is 0 Å². The second kappa shape index (κ2) is 6.08. The lowest BCUT2D eigenvalue weighted by molar-refractivity contribution is -0.121. The van der Waals surface area contributed by atoms with Gasteiger partial charge in [-0.05, 0) is 28.5 Å². The molecule has 21 heavy (non-hydrogen) atoms. The predicted octanol–water partition coefficient (Wildman–Crippen LogP) is 2.37. The van der Waals surface area contributed by atoms with Crippen LogP contribution in [0.1, 0.15) is 12.0 Å². The second-order valence-electron chi connectivity index (χ2n) is 5.66. The van der Waals surface area contributed by atoms with E-state index in [1.54, 1.807) is 11.8 Å². The number of hydrogen-bond acceptors (Lipinski definition) is 3. The second-order valence-corrected chi connectivity index (χ2v) is 6.77. The Morgan fingerprint density at radius 2 is 2.05 bits per heavy atom. The standard InChI is InChI=1S/C17H19NO2S/c19-16(18-11-17(20)7-8-21-12-17)10-13-5-6-14-3-1-2-4-15(14)9-13/h1-6,9,20H,7-8,10-12H2,(H,18,19). The summed E-state index contributed by atoms with van der Waals surface area (Å²) in [6.45, 7) is 0.354. The van der Waals surface area contributed by atoms with E-state index in [0.717, 1.165) is 23.1 Å². The Bertz CT molecular complexity index is 650. The minimum atomic E-state index is -0.719. The average molecular weight is 301 g/mol. The number of aliphatic hydroxyl groups is 1. The van der Waals surface area contributed by atoms with E-state index in [0.29, 0.717) is 18.7 Å². The van der Waals surface area contributed by atoms with E-state index in [-0.39, 0.29) is 5.91 Å². The number of rotatable bonds is 4. The van der Waals surface area contributed by atoms with Gasteiger partial charge in [-0.3, -0.25) is 4.79 Å². The lowest BCUT2D eigenvalue weighted by atomic mass is 10.0. The summed E-state index contributed by atoms with van der Waals surface area (Å²) in [7, 11) is 0. The summed E-state index contributed by atoms with van der Waals surface area (Å²) in [4.78, 5) is 12.0. The summed E-state index contributed by atoms with van der Waals surface area (Å²) in [5, 5.41) is 15.4. The third kappa shape index (κ3) is 3.57. The molecule has 1 aliphatic heterocycles. The Hall–Kier alpha value is -1.52. The maximum Gasteiger partial charge on any atom is 0.224 e. The van der Waals surface area contributed by atoms with Crippen molar-refractivity contribution in [2.45, 2.75) is 18.4 Å². The maximum atomic E-state index is 12.0. The van der Waals surface area contributed by atoms with Crippen molar-refractivity contribution < 1.29 is 9.90 Å². The van der Waals surface area contributed by atoms with Gasteiger partial charge in [0.15, 0.2) is 0 Å². The molecule has 0 aliphatic carbocycles. The van der Waals surface area contributed by atoms with Gasteiger partial charge in [-0.25, -0.2) is 0 Å². The highest BCUT2D eigenvalue weighted by atomic mass is 32.2. The third-order valence-electron chi connectivity index (χ3n) is 3.88. The number of benzene rings is 2. The number of fused-ring (bicyclic) bond motifs is 1. The van der Waals surface area contributed by atoms with Crippen LogP contribution in [0.5, 0.6) is 0 Å². The molecular weight excluding hydrogens is 282 g/mol. The Morgan fingerprint density at radius 3 is 2.81 bits per heavy atom. The molecule has 1 aliphatic rings. The summed E-state index contributed by atoms with van der Waals surface area (Å²) >= 11 is 1.74. The highest BCUT2D eigenvalue weighted by Gasteiger charge is 2.31. The predicted molar refractivity (Wildman–Crippen MR) is 87.6 cm³/mol. The molecule has 3 nitrogen and oxygen atoms in total. The Labute approximate surface area is 128 Å². The van der Waals surface area contributed by atoms with Crippen LogP contribution in [0, 0.1) is 0 Å². The van der Waals surface area contributed by atoms with E-state index in [2.05, 4.69) is 23.5 Å². The lowest BCUT2D eigenvalue weighted by Crippen LogP contribution is -2.43. The van der Waals surface area contributed by atoms with Gasteiger partial charge >= 0.3 is 0 Å². The summed E-state index contributed by atoms with van der Waals surface area (Å²) in [5.41, 5.74) is 0.281. The SMILES string of the molecule is O=C(Cc1ccc2ccccc2c1)NCC1(O)CCSC1. The van der Waals surface area contributed by atoms with Crippen LogP contribution in [-0.2, 0) is 11.2 Å². The number of carbonyl (C=O) groups excluding carboxylic acids is 1. The van der Waals surface area contributed by atoms with E-state index in [1.807, 2.05) is 24.3 Å². The van der Waals surface area contributed by atoms with Gasteiger partial charge in [-0.2, -0.15) is 11.8 Å². The van der Waals surface area contributed by atoms with Gasteiger partial charge in [0.25, 0.3) is 0 Å². The number of nitrogens with one attached hydrogen (secondary N) is 1. The zero-order valence-corrected chi connectivity index (χ0v) is 12.7. The highest BCUT2D eigenvalue weighted by Crippen LogP contribution is 2.27. The fourth-order valence-electron chi connectivity index (χ4n) is 2.60. The molecule has 0 saturated carbocycles.